The summed E-state index contributed by atoms with van der Waals surface area (Å²) < 4.78 is 0. The van der Waals surface area contributed by atoms with Crippen molar-refractivity contribution in [3.63, 3.8) is 0 Å². The quantitative estimate of drug-likeness (QED) is 0.500. The van der Waals surface area contributed by atoms with Crippen molar-refractivity contribution < 1.29 is 0 Å². The number of nitrogens with two attached hydrogens (primary N) is 1. The zero-order valence-corrected chi connectivity index (χ0v) is 10.4. The van der Waals surface area contributed by atoms with Gasteiger partial charge in [-0.05, 0) is 23.8 Å². The third-order valence-corrected chi connectivity index (χ3v) is 2.46. The predicted octanol–water partition coefficient (Wildman–Crippen LogP) is 2.16. The molecule has 0 fully saturated rings. The number of anilines is 1. The highest BCUT2D eigenvalue weighted by molar-refractivity contribution is 7.80. The summed E-state index contributed by atoms with van der Waals surface area (Å²) in [6, 6.07) is 13.1. The summed E-state index contributed by atoms with van der Waals surface area (Å²) in [6.07, 6.45) is 3.39. The largest absolute Gasteiger partial charge is 0.389 e. The second-order valence-electron chi connectivity index (χ2n) is 3.57. The van der Waals surface area contributed by atoms with Crippen LogP contribution in [0.5, 0.6) is 0 Å². The molecule has 1 heterocycles. The molecule has 0 saturated carbocycles. The first-order valence-corrected chi connectivity index (χ1v) is 5.76. The van der Waals surface area contributed by atoms with Crippen LogP contribution in [0.25, 0.3) is 0 Å². The third kappa shape index (κ3) is 3.36. The van der Waals surface area contributed by atoms with E-state index >= 15 is 0 Å². The fraction of sp³-hybridized carbons (Fsp3) is 0. The van der Waals surface area contributed by atoms with Gasteiger partial charge < -0.3 is 5.73 Å². The molecule has 1 aromatic heterocycles. The Hall–Kier alpha value is -2.27. The maximum atomic E-state index is 5.56. The first kappa shape index (κ1) is 12.2. The van der Waals surface area contributed by atoms with Gasteiger partial charge in [0.2, 0.25) is 0 Å². The van der Waals surface area contributed by atoms with Crippen LogP contribution in [0.3, 0.4) is 0 Å². The Labute approximate surface area is 111 Å². The Morgan fingerprint density at radius 3 is 2.89 bits per heavy atom. The number of rotatable bonds is 4. The monoisotopic (exact) mass is 256 g/mol. The maximum Gasteiger partial charge on any atom is 0.146 e. The lowest BCUT2D eigenvalue weighted by Crippen LogP contribution is -2.09. The molecule has 0 aliphatic carbocycles. The molecule has 0 spiro atoms. The highest BCUT2D eigenvalue weighted by Gasteiger charge is 1.96. The lowest BCUT2D eigenvalue weighted by molar-refractivity contribution is 1.23. The standard InChI is InChI=1S/C13H12N4S/c14-13(18)11-5-3-4-10(8-11)9-16-17-12-6-1-2-7-15-12/h1-9H,(H2,14,18)(H,15,17)/b16-9+. The van der Waals surface area contributed by atoms with Gasteiger partial charge in [0.05, 0.1) is 6.21 Å². The van der Waals surface area contributed by atoms with Crippen molar-refractivity contribution in [3.8, 4) is 0 Å². The van der Waals surface area contributed by atoms with Crippen LogP contribution in [0.15, 0.2) is 53.8 Å². The predicted molar refractivity (Wildman–Crippen MR) is 77.8 cm³/mol. The molecule has 90 valence electrons. The van der Waals surface area contributed by atoms with Gasteiger partial charge in [-0.2, -0.15) is 5.10 Å². The highest BCUT2D eigenvalue weighted by atomic mass is 32.1. The molecule has 0 saturated heterocycles. The Morgan fingerprint density at radius 2 is 2.17 bits per heavy atom. The molecule has 0 unspecified atom stereocenters. The number of hydrogen-bond donors (Lipinski definition) is 2. The zero-order valence-electron chi connectivity index (χ0n) is 9.58. The molecule has 18 heavy (non-hydrogen) atoms. The van der Waals surface area contributed by atoms with Crippen LogP contribution in [0.4, 0.5) is 5.82 Å². The smallest absolute Gasteiger partial charge is 0.146 e. The lowest BCUT2D eigenvalue weighted by atomic mass is 10.1. The van der Waals surface area contributed by atoms with Gasteiger partial charge in [-0.1, -0.05) is 36.5 Å². The fourth-order valence-corrected chi connectivity index (χ4v) is 1.50. The molecule has 1 aromatic carbocycles. The van der Waals surface area contributed by atoms with E-state index in [1.807, 2.05) is 42.5 Å². The Bertz CT molecular complexity index is 566. The number of thiocarbonyl (C=S) groups is 1. The van der Waals surface area contributed by atoms with Gasteiger partial charge in [0, 0.05) is 11.8 Å². The Kier molecular flexibility index (Phi) is 3.98. The van der Waals surface area contributed by atoms with E-state index in [1.54, 1.807) is 12.4 Å². The van der Waals surface area contributed by atoms with E-state index in [1.165, 1.54) is 0 Å². The van der Waals surface area contributed by atoms with Crippen molar-refractivity contribution in [2.75, 3.05) is 5.43 Å². The molecule has 0 aliphatic rings. The highest BCUT2D eigenvalue weighted by Crippen LogP contribution is 2.04. The minimum absolute atomic E-state index is 0.378. The van der Waals surface area contributed by atoms with Crippen LogP contribution >= 0.6 is 12.2 Å². The van der Waals surface area contributed by atoms with Gasteiger partial charge in [0.1, 0.15) is 10.8 Å². The van der Waals surface area contributed by atoms with E-state index in [2.05, 4.69) is 15.5 Å². The van der Waals surface area contributed by atoms with Crippen molar-refractivity contribution >= 4 is 29.2 Å². The van der Waals surface area contributed by atoms with Crippen molar-refractivity contribution in [2.45, 2.75) is 0 Å². The normalized spacial score (nSPS) is 10.4. The van der Waals surface area contributed by atoms with E-state index in [9.17, 15) is 0 Å². The van der Waals surface area contributed by atoms with Gasteiger partial charge in [0.15, 0.2) is 0 Å². The summed E-state index contributed by atoms with van der Waals surface area (Å²) in [5.74, 6) is 0.694. The molecule has 2 rings (SSSR count). The average Bonchev–Trinajstić information content (AvgIpc) is 2.40. The van der Waals surface area contributed by atoms with E-state index in [0.29, 0.717) is 10.8 Å². The first-order valence-electron chi connectivity index (χ1n) is 5.36. The molecule has 3 N–H and O–H groups in total. The van der Waals surface area contributed by atoms with Gasteiger partial charge in [-0.15, -0.1) is 0 Å². The van der Waals surface area contributed by atoms with Crippen LogP contribution in [-0.2, 0) is 0 Å². The molecular formula is C13H12N4S. The molecule has 0 amide bonds. The molecule has 4 nitrogen and oxygen atoms in total. The number of nitrogens with zero attached hydrogens (tertiary/aromatic N) is 2. The lowest BCUT2D eigenvalue weighted by Gasteiger charge is -2.00. The van der Waals surface area contributed by atoms with Crippen LogP contribution in [0.1, 0.15) is 11.1 Å². The van der Waals surface area contributed by atoms with Crippen LogP contribution in [0.2, 0.25) is 0 Å². The fourth-order valence-electron chi connectivity index (χ4n) is 1.37. The summed E-state index contributed by atoms with van der Waals surface area (Å²) in [7, 11) is 0. The van der Waals surface area contributed by atoms with E-state index in [-0.39, 0.29) is 0 Å². The summed E-state index contributed by atoms with van der Waals surface area (Å²) in [4.78, 5) is 4.47. The Morgan fingerprint density at radius 1 is 1.28 bits per heavy atom. The molecule has 2 aromatic rings. The zero-order chi connectivity index (χ0) is 12.8. The molecular weight excluding hydrogens is 244 g/mol. The van der Waals surface area contributed by atoms with Crippen LogP contribution in [0, 0.1) is 0 Å². The second-order valence-corrected chi connectivity index (χ2v) is 4.01. The number of hydrazone groups is 1. The summed E-state index contributed by atoms with van der Waals surface area (Å²) in [5.41, 5.74) is 10.1. The van der Waals surface area contributed by atoms with Crippen LogP contribution < -0.4 is 11.2 Å². The molecule has 5 heteroatoms. The van der Waals surface area contributed by atoms with Gasteiger partial charge in [-0.3, -0.25) is 5.43 Å². The number of aromatic nitrogens is 1. The molecule has 0 aliphatic heterocycles. The average molecular weight is 256 g/mol. The van der Waals surface area contributed by atoms with Crippen molar-refractivity contribution in [3.05, 3.63) is 59.8 Å². The number of nitrogens with one attached hydrogen (secondary N) is 1. The maximum absolute atomic E-state index is 5.56. The van der Waals surface area contributed by atoms with Gasteiger partial charge >= 0.3 is 0 Å². The molecule has 0 atom stereocenters. The van der Waals surface area contributed by atoms with Crippen molar-refractivity contribution in [2.24, 2.45) is 10.8 Å². The van der Waals surface area contributed by atoms with E-state index in [4.69, 9.17) is 18.0 Å². The van der Waals surface area contributed by atoms with Crippen molar-refractivity contribution in [1.29, 1.82) is 0 Å². The van der Waals surface area contributed by atoms with Crippen LogP contribution in [-0.4, -0.2) is 16.2 Å². The van der Waals surface area contributed by atoms with E-state index < -0.39 is 0 Å². The summed E-state index contributed by atoms with van der Waals surface area (Å²) >= 11 is 4.92. The Balaban J connectivity index is 2.05. The minimum Gasteiger partial charge on any atom is -0.389 e. The SMILES string of the molecule is NC(=S)c1cccc(/C=N/Nc2ccccn2)c1. The number of benzene rings is 1. The topological polar surface area (TPSA) is 63.3 Å². The van der Waals surface area contributed by atoms with Crippen molar-refractivity contribution in [1.82, 2.24) is 4.98 Å². The number of hydrogen-bond acceptors (Lipinski definition) is 4. The van der Waals surface area contributed by atoms with Gasteiger partial charge in [-0.25, -0.2) is 4.98 Å². The number of pyridine rings is 1. The first-order chi connectivity index (χ1) is 8.75. The second kappa shape index (κ2) is 5.88. The molecule has 0 radical (unpaired) electrons. The third-order valence-electron chi connectivity index (χ3n) is 2.23. The van der Waals surface area contributed by atoms with E-state index in [0.717, 1.165) is 11.1 Å². The minimum atomic E-state index is 0.378. The summed E-state index contributed by atoms with van der Waals surface area (Å²) in [6.45, 7) is 0. The molecule has 0 bridgehead atoms. The summed E-state index contributed by atoms with van der Waals surface area (Å²) in [5, 5.41) is 4.09. The van der Waals surface area contributed by atoms with Gasteiger partial charge in [0.25, 0.3) is 0 Å².